The standard InChI is InChI=1S/C11H16FN/c1-8-3-4-10(12)7-11(8)9(2)5-6-13/h3-4,7,9H,5-6,13H2,1-2H3. The normalized spacial score (nSPS) is 12.9. The van der Waals surface area contributed by atoms with Gasteiger partial charge in [-0.1, -0.05) is 13.0 Å². The number of halogens is 1. The van der Waals surface area contributed by atoms with E-state index in [-0.39, 0.29) is 5.82 Å². The van der Waals surface area contributed by atoms with Crippen LogP contribution in [0, 0.1) is 12.7 Å². The third-order valence-electron chi connectivity index (χ3n) is 2.37. The molecule has 0 amide bonds. The molecule has 0 bridgehead atoms. The molecular weight excluding hydrogens is 165 g/mol. The summed E-state index contributed by atoms with van der Waals surface area (Å²) in [4.78, 5) is 0. The van der Waals surface area contributed by atoms with Crippen molar-refractivity contribution in [3.05, 3.63) is 35.1 Å². The van der Waals surface area contributed by atoms with Gasteiger partial charge in [0.05, 0.1) is 0 Å². The molecule has 1 nitrogen and oxygen atoms in total. The Labute approximate surface area is 78.8 Å². The van der Waals surface area contributed by atoms with Gasteiger partial charge in [-0.25, -0.2) is 4.39 Å². The minimum Gasteiger partial charge on any atom is -0.330 e. The van der Waals surface area contributed by atoms with Gasteiger partial charge in [-0.2, -0.15) is 0 Å². The van der Waals surface area contributed by atoms with Crippen LogP contribution in [0.25, 0.3) is 0 Å². The van der Waals surface area contributed by atoms with Crippen LogP contribution in [0.5, 0.6) is 0 Å². The van der Waals surface area contributed by atoms with Gasteiger partial charge in [0, 0.05) is 0 Å². The van der Waals surface area contributed by atoms with Crippen molar-refractivity contribution >= 4 is 0 Å². The lowest BCUT2D eigenvalue weighted by molar-refractivity contribution is 0.615. The maximum absolute atomic E-state index is 12.9. The van der Waals surface area contributed by atoms with Gasteiger partial charge < -0.3 is 5.73 Å². The van der Waals surface area contributed by atoms with Crippen molar-refractivity contribution in [1.29, 1.82) is 0 Å². The molecule has 0 saturated carbocycles. The van der Waals surface area contributed by atoms with Crippen LogP contribution >= 0.6 is 0 Å². The lowest BCUT2D eigenvalue weighted by Crippen LogP contribution is -2.06. The summed E-state index contributed by atoms with van der Waals surface area (Å²) in [5.41, 5.74) is 7.68. The first kappa shape index (κ1) is 10.2. The largest absolute Gasteiger partial charge is 0.330 e. The second-order valence-electron chi connectivity index (χ2n) is 3.48. The van der Waals surface area contributed by atoms with Crippen molar-refractivity contribution in [2.24, 2.45) is 5.73 Å². The van der Waals surface area contributed by atoms with Crippen LogP contribution in [-0.4, -0.2) is 6.54 Å². The van der Waals surface area contributed by atoms with Gasteiger partial charge in [-0.3, -0.25) is 0 Å². The molecule has 0 aromatic heterocycles. The lowest BCUT2D eigenvalue weighted by atomic mass is 9.94. The highest BCUT2D eigenvalue weighted by Crippen LogP contribution is 2.22. The molecule has 0 aliphatic carbocycles. The van der Waals surface area contributed by atoms with Gasteiger partial charge in [0.15, 0.2) is 0 Å². The van der Waals surface area contributed by atoms with Gasteiger partial charge in [-0.05, 0) is 49.1 Å². The molecule has 2 N–H and O–H groups in total. The van der Waals surface area contributed by atoms with Crippen molar-refractivity contribution in [1.82, 2.24) is 0 Å². The quantitative estimate of drug-likeness (QED) is 0.762. The molecular formula is C11H16FN. The lowest BCUT2D eigenvalue weighted by Gasteiger charge is -2.13. The Morgan fingerprint density at radius 2 is 2.15 bits per heavy atom. The maximum Gasteiger partial charge on any atom is 0.123 e. The van der Waals surface area contributed by atoms with Crippen molar-refractivity contribution in [2.45, 2.75) is 26.2 Å². The van der Waals surface area contributed by atoms with Crippen molar-refractivity contribution in [3.8, 4) is 0 Å². The van der Waals surface area contributed by atoms with Crippen LogP contribution in [0.3, 0.4) is 0 Å². The highest BCUT2D eigenvalue weighted by molar-refractivity contribution is 5.29. The van der Waals surface area contributed by atoms with Gasteiger partial charge in [0.25, 0.3) is 0 Å². The molecule has 0 heterocycles. The third-order valence-corrected chi connectivity index (χ3v) is 2.37. The van der Waals surface area contributed by atoms with E-state index in [4.69, 9.17) is 5.73 Å². The molecule has 1 aromatic rings. The smallest absolute Gasteiger partial charge is 0.123 e. The van der Waals surface area contributed by atoms with Crippen molar-refractivity contribution in [2.75, 3.05) is 6.54 Å². The Morgan fingerprint density at radius 1 is 1.46 bits per heavy atom. The fourth-order valence-corrected chi connectivity index (χ4v) is 1.55. The van der Waals surface area contributed by atoms with E-state index in [0.717, 1.165) is 17.5 Å². The first-order valence-corrected chi connectivity index (χ1v) is 4.61. The van der Waals surface area contributed by atoms with Gasteiger partial charge in [0.1, 0.15) is 5.82 Å². The predicted molar refractivity (Wildman–Crippen MR) is 53.2 cm³/mol. The molecule has 0 spiro atoms. The van der Waals surface area contributed by atoms with E-state index in [0.29, 0.717) is 12.5 Å². The Kier molecular flexibility index (Phi) is 3.43. The van der Waals surface area contributed by atoms with Crippen LogP contribution in [-0.2, 0) is 0 Å². The van der Waals surface area contributed by atoms with E-state index in [1.807, 2.05) is 13.0 Å². The summed E-state index contributed by atoms with van der Waals surface area (Å²) in [6.07, 6.45) is 0.907. The van der Waals surface area contributed by atoms with E-state index in [2.05, 4.69) is 6.92 Å². The fourth-order valence-electron chi connectivity index (χ4n) is 1.55. The molecule has 1 unspecified atom stereocenters. The minimum absolute atomic E-state index is 0.163. The monoisotopic (exact) mass is 181 g/mol. The molecule has 0 radical (unpaired) electrons. The van der Waals surface area contributed by atoms with E-state index >= 15 is 0 Å². The topological polar surface area (TPSA) is 26.0 Å². The second kappa shape index (κ2) is 4.38. The Morgan fingerprint density at radius 3 is 2.77 bits per heavy atom. The number of nitrogens with two attached hydrogens (primary N) is 1. The van der Waals surface area contributed by atoms with Crippen molar-refractivity contribution < 1.29 is 4.39 Å². The Hall–Kier alpha value is -0.890. The summed E-state index contributed by atoms with van der Waals surface area (Å²) in [5.74, 6) is 0.185. The summed E-state index contributed by atoms with van der Waals surface area (Å²) in [7, 11) is 0. The minimum atomic E-state index is -0.163. The molecule has 13 heavy (non-hydrogen) atoms. The average molecular weight is 181 g/mol. The molecule has 0 saturated heterocycles. The molecule has 1 atom stereocenters. The van der Waals surface area contributed by atoms with Crippen LogP contribution in [0.15, 0.2) is 18.2 Å². The summed E-state index contributed by atoms with van der Waals surface area (Å²) in [6.45, 7) is 4.73. The maximum atomic E-state index is 12.9. The van der Waals surface area contributed by atoms with E-state index in [9.17, 15) is 4.39 Å². The summed E-state index contributed by atoms with van der Waals surface area (Å²) in [5, 5.41) is 0. The number of aryl methyl sites for hydroxylation is 1. The van der Waals surface area contributed by atoms with Crippen LogP contribution in [0.1, 0.15) is 30.4 Å². The van der Waals surface area contributed by atoms with Crippen LogP contribution < -0.4 is 5.73 Å². The van der Waals surface area contributed by atoms with E-state index in [1.54, 1.807) is 6.07 Å². The van der Waals surface area contributed by atoms with Crippen LogP contribution in [0.4, 0.5) is 4.39 Å². The highest BCUT2D eigenvalue weighted by atomic mass is 19.1. The summed E-state index contributed by atoms with van der Waals surface area (Å²) in [6, 6.07) is 4.92. The number of rotatable bonds is 3. The van der Waals surface area contributed by atoms with E-state index in [1.165, 1.54) is 6.07 Å². The molecule has 0 aliphatic heterocycles. The zero-order valence-electron chi connectivity index (χ0n) is 8.18. The fraction of sp³-hybridized carbons (Fsp3) is 0.455. The zero-order chi connectivity index (χ0) is 9.84. The number of benzene rings is 1. The Balaban J connectivity index is 2.91. The van der Waals surface area contributed by atoms with Gasteiger partial charge in [0.2, 0.25) is 0 Å². The van der Waals surface area contributed by atoms with Gasteiger partial charge >= 0.3 is 0 Å². The SMILES string of the molecule is Cc1ccc(F)cc1C(C)CCN. The first-order valence-electron chi connectivity index (χ1n) is 4.61. The molecule has 0 aliphatic rings. The Bertz CT molecular complexity index is 283. The number of hydrogen-bond donors (Lipinski definition) is 1. The van der Waals surface area contributed by atoms with Crippen molar-refractivity contribution in [3.63, 3.8) is 0 Å². The molecule has 2 heteroatoms. The predicted octanol–water partition coefficient (Wildman–Crippen LogP) is 2.59. The summed E-state index contributed by atoms with van der Waals surface area (Å²) < 4.78 is 12.9. The third kappa shape index (κ3) is 2.52. The molecule has 0 fully saturated rings. The molecule has 1 aromatic carbocycles. The molecule has 72 valence electrons. The highest BCUT2D eigenvalue weighted by Gasteiger charge is 2.08. The second-order valence-corrected chi connectivity index (χ2v) is 3.48. The van der Waals surface area contributed by atoms with Crippen LogP contribution in [0.2, 0.25) is 0 Å². The molecule has 1 rings (SSSR count). The first-order chi connectivity index (χ1) is 6.15. The number of hydrogen-bond acceptors (Lipinski definition) is 1. The average Bonchev–Trinajstić information content (AvgIpc) is 2.09. The van der Waals surface area contributed by atoms with Gasteiger partial charge in [-0.15, -0.1) is 0 Å². The van der Waals surface area contributed by atoms with E-state index < -0.39 is 0 Å². The summed E-state index contributed by atoms with van der Waals surface area (Å²) >= 11 is 0. The zero-order valence-corrected chi connectivity index (χ0v) is 8.18.